The second-order valence-electron chi connectivity index (χ2n) is 9.32. The molecule has 1 aromatic rings. The Morgan fingerprint density at radius 2 is 1.84 bits per heavy atom. The van der Waals surface area contributed by atoms with Crippen molar-refractivity contribution in [2.24, 2.45) is 10.8 Å². The number of carbonyl (C=O) groups excluding carboxylic acids is 2. The molecule has 0 unspecified atom stereocenters. The van der Waals surface area contributed by atoms with E-state index in [1.165, 1.54) is 44.5 Å². The summed E-state index contributed by atoms with van der Waals surface area (Å²) in [5.74, 6) is -1.25. The Hall–Kier alpha value is -2.50. The summed E-state index contributed by atoms with van der Waals surface area (Å²) >= 11 is 0. The lowest BCUT2D eigenvalue weighted by Crippen LogP contribution is -2.48. The highest BCUT2D eigenvalue weighted by atomic mass is 16.6. The number of aliphatic hydroxyl groups excluding tert-OH is 2. The maximum absolute atomic E-state index is 12.7. The van der Waals surface area contributed by atoms with Crippen LogP contribution >= 0.6 is 0 Å². The smallest absolute Gasteiger partial charge is 0.351 e. The topological polar surface area (TPSA) is 163 Å². The molecule has 0 aliphatic carbocycles. The van der Waals surface area contributed by atoms with Gasteiger partial charge in [0.2, 0.25) is 0 Å². The van der Waals surface area contributed by atoms with Crippen LogP contribution in [-0.2, 0) is 23.8 Å². The van der Waals surface area contributed by atoms with Gasteiger partial charge in [0.05, 0.1) is 24.0 Å². The van der Waals surface area contributed by atoms with Crippen LogP contribution in [-0.4, -0.2) is 63.2 Å². The third-order valence-corrected chi connectivity index (χ3v) is 5.73. The molecule has 4 N–H and O–H groups in total. The lowest BCUT2D eigenvalue weighted by atomic mass is 9.91. The zero-order chi connectivity index (χ0) is 24.3. The van der Waals surface area contributed by atoms with E-state index in [1.807, 2.05) is 0 Å². The Morgan fingerprint density at radius 3 is 2.38 bits per heavy atom. The van der Waals surface area contributed by atoms with Crippen LogP contribution in [0.5, 0.6) is 0 Å². The maximum atomic E-state index is 12.7. The molecule has 0 radical (unpaired) electrons. The Labute approximate surface area is 186 Å². The molecule has 11 nitrogen and oxygen atoms in total. The summed E-state index contributed by atoms with van der Waals surface area (Å²) in [7, 11) is 0. The van der Waals surface area contributed by atoms with Crippen molar-refractivity contribution in [2.45, 2.75) is 65.4 Å². The number of carbonyl (C=O) groups is 2. The SMILES string of the molecule is CC[C@]1(COC(=O)C(C)(C)CO)O[C@@H](n2ccc(N)nc2=O)C[C@@H]1OC(=O)C(C)(C)CO. The number of rotatable bonds is 9. The molecule has 32 heavy (non-hydrogen) atoms. The molecular formula is C21H33N3O8. The van der Waals surface area contributed by atoms with E-state index in [0.717, 1.165) is 0 Å². The highest BCUT2D eigenvalue weighted by molar-refractivity contribution is 5.77. The standard InChI is InChI=1S/C21H33N3O8/c1-6-21(12-30-16(27)19(2,3)10-25)13(31-17(28)20(4,5)11-26)9-15(32-21)24-8-7-14(22)23-18(24)29/h7-8,13,15,25-26H,6,9-12H2,1-5H3,(H2,22,23,29)/t13-,15+,21+/m0/s1. The molecule has 0 bridgehead atoms. The van der Waals surface area contributed by atoms with Crippen molar-refractivity contribution in [1.82, 2.24) is 9.55 Å². The van der Waals surface area contributed by atoms with Gasteiger partial charge in [-0.1, -0.05) is 6.92 Å². The number of nitrogens with two attached hydrogens (primary N) is 1. The van der Waals surface area contributed by atoms with Crippen molar-refractivity contribution < 1.29 is 34.0 Å². The predicted molar refractivity (Wildman–Crippen MR) is 113 cm³/mol. The second kappa shape index (κ2) is 9.55. The van der Waals surface area contributed by atoms with Crippen LogP contribution in [0.1, 0.15) is 53.7 Å². The van der Waals surface area contributed by atoms with E-state index in [0.29, 0.717) is 0 Å². The van der Waals surface area contributed by atoms with E-state index in [1.54, 1.807) is 6.92 Å². The molecule has 0 spiro atoms. The fourth-order valence-corrected chi connectivity index (χ4v) is 3.10. The molecule has 1 aromatic heterocycles. The average molecular weight is 456 g/mol. The summed E-state index contributed by atoms with van der Waals surface area (Å²) in [5.41, 5.74) is 1.38. The monoisotopic (exact) mass is 455 g/mol. The van der Waals surface area contributed by atoms with Crippen LogP contribution in [0.4, 0.5) is 5.82 Å². The summed E-state index contributed by atoms with van der Waals surface area (Å²) in [6.45, 7) is 6.81. The fraction of sp³-hybridized carbons (Fsp3) is 0.714. The first-order valence-corrected chi connectivity index (χ1v) is 10.4. The summed E-state index contributed by atoms with van der Waals surface area (Å²) < 4.78 is 18.5. The molecule has 0 amide bonds. The first-order valence-electron chi connectivity index (χ1n) is 10.4. The molecule has 1 fully saturated rings. The molecule has 2 heterocycles. The number of hydrogen-bond donors (Lipinski definition) is 3. The van der Waals surface area contributed by atoms with Gasteiger partial charge in [0, 0.05) is 12.6 Å². The maximum Gasteiger partial charge on any atom is 0.351 e. The molecule has 180 valence electrons. The van der Waals surface area contributed by atoms with E-state index in [9.17, 15) is 24.6 Å². The summed E-state index contributed by atoms with van der Waals surface area (Å²) in [6.07, 6.45) is 0.0669. The zero-order valence-corrected chi connectivity index (χ0v) is 19.2. The Morgan fingerprint density at radius 1 is 1.25 bits per heavy atom. The molecule has 1 saturated heterocycles. The van der Waals surface area contributed by atoms with E-state index in [4.69, 9.17) is 19.9 Å². The van der Waals surface area contributed by atoms with Gasteiger partial charge in [0.15, 0.2) is 0 Å². The number of nitrogen functional groups attached to an aromatic ring is 1. The summed E-state index contributed by atoms with van der Waals surface area (Å²) in [4.78, 5) is 41.1. The van der Waals surface area contributed by atoms with Crippen LogP contribution in [0.25, 0.3) is 0 Å². The van der Waals surface area contributed by atoms with Crippen LogP contribution in [0.2, 0.25) is 0 Å². The number of esters is 2. The third-order valence-electron chi connectivity index (χ3n) is 5.73. The van der Waals surface area contributed by atoms with Gasteiger partial charge in [-0.25, -0.2) is 4.79 Å². The van der Waals surface area contributed by atoms with Gasteiger partial charge in [-0.15, -0.1) is 0 Å². The van der Waals surface area contributed by atoms with E-state index >= 15 is 0 Å². The van der Waals surface area contributed by atoms with Gasteiger partial charge in [-0.2, -0.15) is 4.98 Å². The number of hydrogen-bond acceptors (Lipinski definition) is 10. The van der Waals surface area contributed by atoms with E-state index < -0.39 is 59.6 Å². The van der Waals surface area contributed by atoms with Gasteiger partial charge >= 0.3 is 17.6 Å². The van der Waals surface area contributed by atoms with Gasteiger partial charge in [-0.3, -0.25) is 14.2 Å². The number of ether oxygens (including phenoxy) is 3. The highest BCUT2D eigenvalue weighted by Crippen LogP contribution is 2.42. The van der Waals surface area contributed by atoms with Crippen molar-refractivity contribution in [1.29, 1.82) is 0 Å². The quantitative estimate of drug-likeness (QED) is 0.444. The molecule has 3 atom stereocenters. The van der Waals surface area contributed by atoms with Crippen molar-refractivity contribution in [3.8, 4) is 0 Å². The third kappa shape index (κ3) is 5.28. The van der Waals surface area contributed by atoms with Crippen molar-refractivity contribution >= 4 is 17.8 Å². The van der Waals surface area contributed by atoms with Crippen LogP contribution in [0.15, 0.2) is 17.1 Å². The fourth-order valence-electron chi connectivity index (χ4n) is 3.10. The number of nitrogens with zero attached hydrogens (tertiary/aromatic N) is 2. The van der Waals surface area contributed by atoms with Crippen molar-refractivity contribution in [3.05, 3.63) is 22.7 Å². The Balaban J connectivity index is 2.37. The van der Waals surface area contributed by atoms with E-state index in [2.05, 4.69) is 4.98 Å². The van der Waals surface area contributed by atoms with Gasteiger partial charge < -0.3 is 30.2 Å². The minimum absolute atomic E-state index is 0.0545. The number of aliphatic hydroxyl groups is 2. The molecule has 1 aliphatic rings. The first kappa shape index (κ1) is 25.8. The summed E-state index contributed by atoms with van der Waals surface area (Å²) in [6, 6.07) is 1.44. The molecule has 0 aromatic carbocycles. The molecular weight excluding hydrogens is 422 g/mol. The minimum Gasteiger partial charge on any atom is -0.462 e. The molecule has 1 aliphatic heterocycles. The average Bonchev–Trinajstić information content (AvgIpc) is 3.10. The van der Waals surface area contributed by atoms with E-state index in [-0.39, 0.29) is 25.3 Å². The van der Waals surface area contributed by atoms with Gasteiger partial charge in [0.1, 0.15) is 30.4 Å². The zero-order valence-electron chi connectivity index (χ0n) is 19.2. The largest absolute Gasteiger partial charge is 0.462 e. The van der Waals surface area contributed by atoms with Crippen molar-refractivity contribution in [3.63, 3.8) is 0 Å². The lowest BCUT2D eigenvalue weighted by molar-refractivity contribution is -0.189. The molecule has 2 rings (SSSR count). The minimum atomic E-state index is -1.26. The number of aromatic nitrogens is 2. The lowest BCUT2D eigenvalue weighted by Gasteiger charge is -2.34. The predicted octanol–water partition coefficient (Wildman–Crippen LogP) is 0.385. The Kier molecular flexibility index (Phi) is 7.69. The molecule has 11 heteroatoms. The van der Waals surface area contributed by atoms with Gasteiger partial charge in [-0.05, 0) is 40.2 Å². The van der Waals surface area contributed by atoms with Gasteiger partial charge in [0.25, 0.3) is 0 Å². The second-order valence-corrected chi connectivity index (χ2v) is 9.32. The van der Waals surface area contributed by atoms with Crippen LogP contribution in [0.3, 0.4) is 0 Å². The molecule has 0 saturated carbocycles. The van der Waals surface area contributed by atoms with Crippen LogP contribution < -0.4 is 11.4 Å². The van der Waals surface area contributed by atoms with Crippen LogP contribution in [0, 0.1) is 10.8 Å². The summed E-state index contributed by atoms with van der Waals surface area (Å²) in [5, 5.41) is 18.9. The number of anilines is 1. The first-order chi connectivity index (χ1) is 14.8. The normalized spacial score (nSPS) is 23.7. The van der Waals surface area contributed by atoms with Crippen molar-refractivity contribution in [2.75, 3.05) is 25.6 Å². The highest BCUT2D eigenvalue weighted by Gasteiger charge is 2.53. The Bertz CT molecular complexity index is 897.